The molecule has 0 saturated heterocycles. The van der Waals surface area contributed by atoms with Crippen molar-refractivity contribution in [2.24, 2.45) is 0 Å². The van der Waals surface area contributed by atoms with E-state index in [1.165, 1.54) is 6.20 Å². The summed E-state index contributed by atoms with van der Waals surface area (Å²) in [5.41, 5.74) is 2.15. The van der Waals surface area contributed by atoms with Gasteiger partial charge >= 0.3 is 0 Å². The Morgan fingerprint density at radius 1 is 1.25 bits per heavy atom. The molecule has 20 heavy (non-hydrogen) atoms. The maximum absolute atomic E-state index is 12.0. The van der Waals surface area contributed by atoms with Crippen LogP contribution in [-0.2, 0) is 16.4 Å². The van der Waals surface area contributed by atoms with E-state index in [1.807, 2.05) is 30.3 Å². The average Bonchev–Trinajstić information content (AvgIpc) is 2.42. The first-order valence-corrected chi connectivity index (χ1v) is 8.16. The fourth-order valence-electron chi connectivity index (χ4n) is 1.74. The van der Waals surface area contributed by atoms with E-state index < -0.39 is 10.0 Å². The zero-order valence-electron chi connectivity index (χ0n) is 11.0. The highest BCUT2D eigenvalue weighted by Gasteiger charge is 2.11. The predicted molar refractivity (Wildman–Crippen MR) is 81.5 cm³/mol. The number of rotatable bonds is 5. The highest BCUT2D eigenvalue weighted by Crippen LogP contribution is 2.17. The molecule has 2 rings (SSSR count). The van der Waals surface area contributed by atoms with Crippen LogP contribution in [-0.4, -0.2) is 19.2 Å². The van der Waals surface area contributed by atoms with E-state index in [0.29, 0.717) is 17.3 Å². The van der Waals surface area contributed by atoms with Gasteiger partial charge < -0.3 is 0 Å². The first-order valence-electron chi connectivity index (χ1n) is 6.13. The first-order chi connectivity index (χ1) is 9.46. The van der Waals surface area contributed by atoms with Crippen molar-refractivity contribution >= 4 is 27.3 Å². The fourth-order valence-corrected chi connectivity index (χ4v) is 2.92. The number of benzene rings is 1. The number of halogens is 1. The number of pyridine rings is 1. The minimum absolute atomic E-state index is 0.0265. The van der Waals surface area contributed by atoms with Gasteiger partial charge in [0.2, 0.25) is 10.0 Å². The number of sulfonamides is 1. The molecule has 1 heterocycles. The molecule has 0 aliphatic carbocycles. The molecule has 0 bridgehead atoms. The summed E-state index contributed by atoms with van der Waals surface area (Å²) in [6.45, 7) is 1.77. The minimum atomic E-state index is -3.40. The molecular formula is C14H15ClN2O2S. The van der Waals surface area contributed by atoms with E-state index in [0.717, 1.165) is 11.1 Å². The predicted octanol–water partition coefficient (Wildman–Crippen LogP) is 3.03. The van der Waals surface area contributed by atoms with E-state index in [9.17, 15) is 8.42 Å². The molecule has 2 aromatic rings. The lowest BCUT2D eigenvalue weighted by Gasteiger charge is -2.08. The second kappa shape index (κ2) is 6.24. The first kappa shape index (κ1) is 14.8. The number of nitrogens with one attached hydrogen (secondary N) is 1. The molecule has 0 atom stereocenters. The van der Waals surface area contributed by atoms with Gasteiger partial charge in [0.1, 0.15) is 5.15 Å². The molecule has 0 aliphatic rings. The molecule has 0 amide bonds. The lowest BCUT2D eigenvalue weighted by atomic mass is 10.2. The summed E-state index contributed by atoms with van der Waals surface area (Å²) in [5.74, 6) is 0.0265. The molecule has 1 N–H and O–H groups in total. The van der Waals surface area contributed by atoms with Gasteiger partial charge in [0.15, 0.2) is 0 Å². The van der Waals surface area contributed by atoms with E-state index in [1.54, 1.807) is 13.0 Å². The van der Waals surface area contributed by atoms with Crippen LogP contribution in [0.4, 0.5) is 5.69 Å². The Hall–Kier alpha value is -1.59. The Labute approximate surface area is 123 Å². The summed E-state index contributed by atoms with van der Waals surface area (Å²) < 4.78 is 26.5. The Balaban J connectivity index is 2.02. The van der Waals surface area contributed by atoms with Crippen LogP contribution >= 0.6 is 11.6 Å². The Kier molecular flexibility index (Phi) is 4.62. The maximum atomic E-state index is 12.0. The summed E-state index contributed by atoms with van der Waals surface area (Å²) in [5, 5.41) is 0.372. The highest BCUT2D eigenvalue weighted by molar-refractivity contribution is 7.92. The number of hydrogen-bond donors (Lipinski definition) is 1. The minimum Gasteiger partial charge on any atom is -0.282 e. The molecule has 0 unspecified atom stereocenters. The summed E-state index contributed by atoms with van der Waals surface area (Å²) in [7, 11) is -3.40. The van der Waals surface area contributed by atoms with Gasteiger partial charge in [0.05, 0.1) is 17.6 Å². The van der Waals surface area contributed by atoms with Crippen molar-refractivity contribution in [1.82, 2.24) is 4.98 Å². The zero-order valence-corrected chi connectivity index (χ0v) is 12.6. The van der Waals surface area contributed by atoms with Crippen LogP contribution in [0.2, 0.25) is 5.15 Å². The largest absolute Gasteiger partial charge is 0.282 e. The van der Waals surface area contributed by atoms with Crippen molar-refractivity contribution in [3.63, 3.8) is 0 Å². The van der Waals surface area contributed by atoms with Crippen LogP contribution in [0.3, 0.4) is 0 Å². The lowest BCUT2D eigenvalue weighted by Crippen LogP contribution is -2.18. The van der Waals surface area contributed by atoms with Crippen molar-refractivity contribution in [3.8, 4) is 0 Å². The molecule has 6 heteroatoms. The third-order valence-electron chi connectivity index (χ3n) is 2.79. The summed E-state index contributed by atoms with van der Waals surface area (Å²) in [6.07, 6.45) is 1.88. The van der Waals surface area contributed by atoms with Gasteiger partial charge in [0, 0.05) is 0 Å². The van der Waals surface area contributed by atoms with Crippen molar-refractivity contribution in [2.75, 3.05) is 10.5 Å². The van der Waals surface area contributed by atoms with Crippen molar-refractivity contribution in [3.05, 3.63) is 58.9 Å². The van der Waals surface area contributed by atoms with Gasteiger partial charge in [-0.05, 0) is 30.5 Å². The van der Waals surface area contributed by atoms with Crippen LogP contribution in [0, 0.1) is 6.92 Å². The van der Waals surface area contributed by atoms with Gasteiger partial charge in [-0.1, -0.05) is 41.9 Å². The van der Waals surface area contributed by atoms with Crippen LogP contribution in [0.1, 0.15) is 11.1 Å². The topological polar surface area (TPSA) is 59.1 Å². The Morgan fingerprint density at radius 2 is 1.95 bits per heavy atom. The monoisotopic (exact) mass is 310 g/mol. The third-order valence-corrected chi connectivity index (χ3v) is 4.47. The van der Waals surface area contributed by atoms with Gasteiger partial charge in [-0.3, -0.25) is 4.72 Å². The van der Waals surface area contributed by atoms with Gasteiger partial charge in [-0.25, -0.2) is 13.4 Å². The Bertz CT molecular complexity index is 688. The summed E-state index contributed by atoms with van der Waals surface area (Å²) in [4.78, 5) is 3.92. The van der Waals surface area contributed by atoms with Crippen LogP contribution in [0.15, 0.2) is 42.6 Å². The van der Waals surface area contributed by atoms with Crippen molar-refractivity contribution in [1.29, 1.82) is 0 Å². The van der Waals surface area contributed by atoms with E-state index in [-0.39, 0.29) is 5.75 Å². The standard InChI is InChI=1S/C14H15ClN2O2S/c1-11-9-13(10-16-14(11)15)17-20(18,19)8-7-12-5-3-2-4-6-12/h2-6,9-10,17H,7-8H2,1H3. The normalized spacial score (nSPS) is 11.3. The second-order valence-corrected chi connectivity index (χ2v) is 6.69. The number of nitrogens with zero attached hydrogens (tertiary/aromatic N) is 1. The van der Waals surface area contributed by atoms with E-state index in [4.69, 9.17) is 11.6 Å². The van der Waals surface area contributed by atoms with E-state index in [2.05, 4.69) is 9.71 Å². The quantitative estimate of drug-likeness (QED) is 0.864. The average molecular weight is 311 g/mol. The molecule has 0 saturated carbocycles. The molecule has 1 aromatic heterocycles. The number of aromatic nitrogens is 1. The van der Waals surface area contributed by atoms with Crippen LogP contribution in [0.25, 0.3) is 0 Å². The van der Waals surface area contributed by atoms with Crippen molar-refractivity contribution in [2.45, 2.75) is 13.3 Å². The SMILES string of the molecule is Cc1cc(NS(=O)(=O)CCc2ccccc2)cnc1Cl. The van der Waals surface area contributed by atoms with Gasteiger partial charge in [-0.15, -0.1) is 0 Å². The molecule has 0 fully saturated rings. The smallest absolute Gasteiger partial charge is 0.233 e. The van der Waals surface area contributed by atoms with Crippen molar-refractivity contribution < 1.29 is 8.42 Å². The van der Waals surface area contributed by atoms with Gasteiger partial charge in [-0.2, -0.15) is 0 Å². The maximum Gasteiger partial charge on any atom is 0.233 e. The highest BCUT2D eigenvalue weighted by atomic mass is 35.5. The molecular weight excluding hydrogens is 296 g/mol. The fraction of sp³-hybridized carbons (Fsp3) is 0.214. The number of anilines is 1. The number of hydrogen-bond acceptors (Lipinski definition) is 3. The second-order valence-electron chi connectivity index (χ2n) is 4.49. The molecule has 4 nitrogen and oxygen atoms in total. The molecule has 0 spiro atoms. The zero-order chi connectivity index (χ0) is 14.6. The van der Waals surface area contributed by atoms with Crippen LogP contribution in [0.5, 0.6) is 0 Å². The Morgan fingerprint density at radius 3 is 2.60 bits per heavy atom. The number of aryl methyl sites for hydroxylation is 2. The molecule has 1 aromatic carbocycles. The molecule has 106 valence electrons. The van der Waals surface area contributed by atoms with E-state index >= 15 is 0 Å². The van der Waals surface area contributed by atoms with Crippen LogP contribution < -0.4 is 4.72 Å². The summed E-state index contributed by atoms with van der Waals surface area (Å²) >= 11 is 5.80. The molecule has 0 radical (unpaired) electrons. The third kappa shape index (κ3) is 4.21. The molecule has 0 aliphatic heterocycles. The lowest BCUT2D eigenvalue weighted by molar-refractivity contribution is 0.600. The summed E-state index contributed by atoms with van der Waals surface area (Å²) in [6, 6.07) is 11.2. The van der Waals surface area contributed by atoms with Gasteiger partial charge in [0.25, 0.3) is 0 Å².